The Labute approximate surface area is 404 Å². The molecule has 0 saturated carbocycles. The van der Waals surface area contributed by atoms with E-state index in [-0.39, 0.29) is 63.8 Å². The highest BCUT2D eigenvalue weighted by Gasteiger charge is 2.52. The van der Waals surface area contributed by atoms with E-state index in [0.29, 0.717) is 24.4 Å². The van der Waals surface area contributed by atoms with Crippen molar-refractivity contribution in [2.75, 3.05) is 18.4 Å². The summed E-state index contributed by atoms with van der Waals surface area (Å²) in [6, 6.07) is 34.0. The van der Waals surface area contributed by atoms with Crippen LogP contribution in [-0.2, 0) is 14.4 Å². The van der Waals surface area contributed by atoms with Crippen molar-refractivity contribution in [3.05, 3.63) is 126 Å². The number of nitrogens with zero attached hydrogens (tertiary/aromatic N) is 4. The maximum atomic E-state index is 13.8. The van der Waals surface area contributed by atoms with Gasteiger partial charge in [-0.3, -0.25) is 24.2 Å². The number of benzene rings is 3. The number of rotatable bonds is 14. The van der Waals surface area contributed by atoms with Crippen molar-refractivity contribution in [1.29, 1.82) is 0 Å². The molecule has 0 aliphatic carbocycles. The number of nitrogens with one attached hydrogen (secondary N) is 4. The van der Waals surface area contributed by atoms with Crippen LogP contribution in [0.2, 0.25) is 0 Å². The number of hydrogen-bond donors (Lipinski definition) is 4. The fourth-order valence-electron chi connectivity index (χ4n) is 10.5. The number of carbonyl (C=O) groups is 3. The zero-order valence-electron chi connectivity index (χ0n) is 41.0. The largest absolute Gasteiger partial charge is 0.377 e. The second-order valence-corrected chi connectivity index (χ2v) is 21.8. The number of para-hydroxylation sites is 1. The summed E-state index contributed by atoms with van der Waals surface area (Å²) in [4.78, 5) is 43.9. The lowest BCUT2D eigenvalue weighted by Gasteiger charge is -2.34. The molecule has 4 fully saturated rings. The smallest absolute Gasteiger partial charge is 0.244 e. The molecular weight excluding hydrogens is 853 g/mol. The molecule has 8 rings (SSSR count). The van der Waals surface area contributed by atoms with Crippen molar-refractivity contribution in [2.45, 2.75) is 159 Å². The average molecular weight is 929 g/mol. The van der Waals surface area contributed by atoms with Crippen molar-refractivity contribution in [3.63, 3.8) is 0 Å². The molecular formula is C55H76N8O3S. The monoisotopic (exact) mass is 929 g/mol. The third-order valence-electron chi connectivity index (χ3n) is 14.5. The minimum atomic E-state index is -0.303. The lowest BCUT2D eigenvalue weighted by Crippen LogP contribution is -2.54. The molecule has 3 aromatic carbocycles. The number of amides is 3. The first kappa shape index (κ1) is 50.0. The van der Waals surface area contributed by atoms with Gasteiger partial charge in [0.05, 0.1) is 22.8 Å². The van der Waals surface area contributed by atoms with Crippen LogP contribution in [-0.4, -0.2) is 90.7 Å². The Hall–Kier alpha value is -4.91. The van der Waals surface area contributed by atoms with Gasteiger partial charge >= 0.3 is 0 Å². The Morgan fingerprint density at radius 3 is 1.85 bits per heavy atom. The SMILES string of the molecule is C=C(NC(c1ccccc1)c1ccccc1)C1CC[C@@H]2CCCC(NC(=O)[C@H](C)CC)CN12.CC[C@@H](C)C(=O)NC1CCC[C@H]2SC(C)(C)[C@@H](C(=O)Nc3cc(C)nn3-c3ccccc3)N2C1. The Morgan fingerprint density at radius 1 is 0.746 bits per heavy atom. The van der Waals surface area contributed by atoms with E-state index in [4.69, 9.17) is 0 Å². The van der Waals surface area contributed by atoms with Crippen LogP contribution in [0.25, 0.3) is 5.69 Å². The molecule has 0 radical (unpaired) electrons. The quantitative estimate of drug-likeness (QED) is 0.0987. The molecule has 67 heavy (non-hydrogen) atoms. The maximum Gasteiger partial charge on any atom is 0.244 e. The third-order valence-corrected chi connectivity index (χ3v) is 16.2. The molecule has 360 valence electrons. The summed E-state index contributed by atoms with van der Waals surface area (Å²) in [6.45, 7) is 20.5. The number of carbonyl (C=O) groups excluding carboxylic acids is 3. The van der Waals surface area contributed by atoms with Crippen molar-refractivity contribution in [2.24, 2.45) is 11.8 Å². The van der Waals surface area contributed by atoms with Gasteiger partial charge in [0.25, 0.3) is 0 Å². The van der Waals surface area contributed by atoms with Crippen LogP contribution < -0.4 is 21.3 Å². The number of aryl methyl sites for hydroxylation is 1. The van der Waals surface area contributed by atoms with E-state index in [9.17, 15) is 14.4 Å². The molecule has 4 saturated heterocycles. The molecule has 4 N–H and O–H groups in total. The minimum Gasteiger partial charge on any atom is -0.377 e. The molecule has 4 aliphatic heterocycles. The summed E-state index contributed by atoms with van der Waals surface area (Å²) in [6.07, 6.45) is 10.5. The number of thioether (sulfide) groups is 1. The Morgan fingerprint density at radius 2 is 1.28 bits per heavy atom. The molecule has 4 aromatic rings. The summed E-state index contributed by atoms with van der Waals surface area (Å²) in [5.41, 5.74) is 5.33. The van der Waals surface area contributed by atoms with Gasteiger partial charge in [-0.05, 0) is 108 Å². The lowest BCUT2D eigenvalue weighted by molar-refractivity contribution is -0.126. The third kappa shape index (κ3) is 12.4. The number of anilines is 1. The summed E-state index contributed by atoms with van der Waals surface area (Å²) < 4.78 is 1.54. The number of fused-ring (bicyclic) bond motifs is 2. The standard InChI is InChI=1S/C29H39N3O.C26H37N5O2S/c1-4-21(2)29(33)31-25-16-11-17-26-18-19-27(32(26)20-25)22(3)30-28(23-12-7-5-8-13-23)24-14-9-6-10-15-24;1-6-17(2)24(32)27-19-11-10-14-22-30(16-19)23(26(4,5)34-22)25(33)28-21-15-18(3)29-31(21)20-12-8-7-9-13-20/h5-10,12-15,21,25-28,30H,3-4,11,16-20H2,1-2H3,(H,31,33);7-9,12-13,15,17,19,22-23H,6,10-11,14,16H2,1-5H3,(H,27,32)(H,28,33)/t21-,25?,26+,27?;17-,19?,22-,23-/m11/s1. The van der Waals surface area contributed by atoms with Crippen LogP contribution in [0.4, 0.5) is 5.82 Å². The van der Waals surface area contributed by atoms with Crippen LogP contribution in [0.3, 0.4) is 0 Å². The zero-order chi connectivity index (χ0) is 47.7. The molecule has 3 unspecified atom stereocenters. The Bertz CT molecular complexity index is 2210. The predicted molar refractivity (Wildman–Crippen MR) is 274 cm³/mol. The van der Waals surface area contributed by atoms with Crippen molar-refractivity contribution in [3.8, 4) is 5.69 Å². The Balaban J connectivity index is 0.000000199. The van der Waals surface area contributed by atoms with Gasteiger partial charge in [0.1, 0.15) is 11.9 Å². The molecule has 4 aliphatic rings. The number of aromatic nitrogens is 2. The second kappa shape index (κ2) is 22.9. The molecule has 8 atom stereocenters. The van der Waals surface area contributed by atoms with Crippen molar-refractivity contribution >= 4 is 35.3 Å². The van der Waals surface area contributed by atoms with Gasteiger partial charge in [0.2, 0.25) is 17.7 Å². The van der Waals surface area contributed by atoms with Gasteiger partial charge < -0.3 is 21.3 Å². The highest BCUT2D eigenvalue weighted by atomic mass is 32.2. The summed E-state index contributed by atoms with van der Waals surface area (Å²) in [7, 11) is 0. The van der Waals surface area contributed by atoms with Gasteiger partial charge in [-0.1, -0.05) is 113 Å². The van der Waals surface area contributed by atoms with Crippen LogP contribution in [0.1, 0.15) is 129 Å². The predicted octanol–water partition coefficient (Wildman–Crippen LogP) is 9.78. The zero-order valence-corrected chi connectivity index (χ0v) is 41.9. The molecule has 0 bridgehead atoms. The lowest BCUT2D eigenvalue weighted by atomic mass is 9.97. The maximum absolute atomic E-state index is 13.8. The van der Waals surface area contributed by atoms with Crippen molar-refractivity contribution in [1.82, 2.24) is 35.5 Å². The first-order chi connectivity index (χ1) is 32.3. The van der Waals surface area contributed by atoms with Crippen LogP contribution in [0.5, 0.6) is 0 Å². The highest BCUT2D eigenvalue weighted by molar-refractivity contribution is 8.01. The normalized spacial score (nSPS) is 24.7. The summed E-state index contributed by atoms with van der Waals surface area (Å²) in [5.74, 6) is 1.04. The number of hydrogen-bond acceptors (Lipinski definition) is 8. The van der Waals surface area contributed by atoms with E-state index in [1.807, 2.05) is 75.9 Å². The van der Waals surface area contributed by atoms with E-state index in [0.717, 1.165) is 68.6 Å². The Kier molecular flexibility index (Phi) is 17.1. The van der Waals surface area contributed by atoms with E-state index in [1.54, 1.807) is 4.68 Å². The van der Waals surface area contributed by atoms with Crippen molar-refractivity contribution < 1.29 is 14.4 Å². The highest BCUT2D eigenvalue weighted by Crippen LogP contribution is 2.47. The van der Waals surface area contributed by atoms with Gasteiger partial charge in [-0.25, -0.2) is 4.68 Å². The topological polar surface area (TPSA) is 124 Å². The van der Waals surface area contributed by atoms with E-state index in [2.05, 4.69) is 124 Å². The van der Waals surface area contributed by atoms with Gasteiger partial charge in [0, 0.05) is 65.6 Å². The van der Waals surface area contributed by atoms with Crippen LogP contribution in [0, 0.1) is 18.8 Å². The molecule has 5 heterocycles. The van der Waals surface area contributed by atoms with Gasteiger partial charge in [-0.2, -0.15) is 5.10 Å². The fraction of sp³-hybridized carbons (Fsp3) is 0.527. The molecule has 1 aromatic heterocycles. The summed E-state index contributed by atoms with van der Waals surface area (Å²) in [5, 5.41) is 18.5. The second-order valence-electron chi connectivity index (χ2n) is 19.9. The first-order valence-electron chi connectivity index (χ1n) is 25.0. The van der Waals surface area contributed by atoms with Crippen LogP contribution in [0.15, 0.2) is 109 Å². The van der Waals surface area contributed by atoms with Gasteiger partial charge in [0.15, 0.2) is 0 Å². The fourth-order valence-corrected chi connectivity index (χ4v) is 12.2. The first-order valence-corrected chi connectivity index (χ1v) is 25.9. The molecule has 3 amide bonds. The summed E-state index contributed by atoms with van der Waals surface area (Å²) >= 11 is 1.88. The van der Waals surface area contributed by atoms with E-state index < -0.39 is 0 Å². The molecule has 0 spiro atoms. The van der Waals surface area contributed by atoms with Gasteiger partial charge in [-0.15, -0.1) is 11.8 Å². The van der Waals surface area contributed by atoms with Crippen LogP contribution >= 0.6 is 11.8 Å². The average Bonchev–Trinajstić information content (AvgIpc) is 3.88. The van der Waals surface area contributed by atoms with E-state index in [1.165, 1.54) is 30.4 Å². The molecule has 12 heteroatoms. The molecule has 11 nitrogen and oxygen atoms in total. The minimum absolute atomic E-state index is 0.00375. The van der Waals surface area contributed by atoms with E-state index >= 15 is 0 Å².